The van der Waals surface area contributed by atoms with Crippen molar-refractivity contribution >= 4 is 23.3 Å². The number of aromatic hydroxyl groups is 10. The SMILES string of the molecule is N=C(N)c1cc(O)c(O)c(O)c1.N=C(N)c1ccc(O)c(O)c1.N=C(N)c1ccc(O)c(O)c1O.N=C(N)c1cccc(O)c1O. The van der Waals surface area contributed by atoms with E-state index >= 15 is 0 Å². The summed E-state index contributed by atoms with van der Waals surface area (Å²) in [7, 11) is 0. The number of nitrogens with one attached hydrogen (secondary N) is 4. The zero-order valence-electron chi connectivity index (χ0n) is 23.6. The second-order valence-corrected chi connectivity index (χ2v) is 8.72. The van der Waals surface area contributed by atoms with Gasteiger partial charge in [-0.1, -0.05) is 6.07 Å². The van der Waals surface area contributed by atoms with Gasteiger partial charge in [0, 0.05) is 11.1 Å². The van der Waals surface area contributed by atoms with Crippen molar-refractivity contribution in [2.75, 3.05) is 0 Å². The third-order valence-electron chi connectivity index (χ3n) is 5.39. The average Bonchev–Trinajstić information content (AvgIpc) is 2.97. The Hall–Kier alpha value is -7.24. The molecule has 18 nitrogen and oxygen atoms in total. The maximum Gasteiger partial charge on any atom is 0.201 e. The van der Waals surface area contributed by atoms with Crippen LogP contribution in [0, 0.1) is 21.6 Å². The quantitative estimate of drug-likeness (QED) is 0.0838. The Bertz CT molecular complexity index is 1760. The van der Waals surface area contributed by atoms with Crippen molar-refractivity contribution in [1.82, 2.24) is 0 Å². The van der Waals surface area contributed by atoms with Crippen molar-refractivity contribution in [3.63, 3.8) is 0 Å². The van der Waals surface area contributed by atoms with Crippen molar-refractivity contribution in [2.24, 2.45) is 22.9 Å². The fourth-order valence-corrected chi connectivity index (χ4v) is 2.99. The molecule has 0 bridgehead atoms. The molecule has 4 rings (SSSR count). The monoisotopic (exact) mass is 640 g/mol. The number of rotatable bonds is 4. The van der Waals surface area contributed by atoms with Gasteiger partial charge in [0.05, 0.1) is 11.1 Å². The summed E-state index contributed by atoms with van der Waals surface area (Å²) in [4.78, 5) is 0. The summed E-state index contributed by atoms with van der Waals surface area (Å²) in [5, 5.41) is 118. The molecule has 0 heterocycles. The molecule has 4 aromatic carbocycles. The molecule has 46 heavy (non-hydrogen) atoms. The number of nitrogen functional groups attached to an aromatic ring is 4. The van der Waals surface area contributed by atoms with E-state index in [4.69, 9.17) is 95.6 Å². The minimum absolute atomic E-state index is 0.00898. The van der Waals surface area contributed by atoms with Gasteiger partial charge >= 0.3 is 0 Å². The minimum atomic E-state index is -0.664. The van der Waals surface area contributed by atoms with E-state index in [2.05, 4.69) is 0 Å². The highest BCUT2D eigenvalue weighted by molar-refractivity contribution is 5.99. The van der Waals surface area contributed by atoms with Crippen molar-refractivity contribution in [3.8, 4) is 57.5 Å². The molecule has 0 spiro atoms. The van der Waals surface area contributed by atoms with Crippen molar-refractivity contribution in [3.05, 3.63) is 82.9 Å². The van der Waals surface area contributed by atoms with E-state index in [1.165, 1.54) is 42.5 Å². The first kappa shape index (κ1) is 36.8. The van der Waals surface area contributed by atoms with Crippen molar-refractivity contribution in [2.45, 2.75) is 0 Å². The molecule has 4 aromatic rings. The molecule has 0 fully saturated rings. The molecule has 0 saturated carbocycles. The van der Waals surface area contributed by atoms with Gasteiger partial charge in [0.15, 0.2) is 51.7 Å². The predicted molar refractivity (Wildman–Crippen MR) is 166 cm³/mol. The molecule has 0 aromatic heterocycles. The number of phenols is 10. The predicted octanol–water partition coefficient (Wildman–Crippen LogP) is 0.939. The molecular formula is C28H32N8O10. The third kappa shape index (κ3) is 9.94. The first-order chi connectivity index (χ1) is 21.3. The van der Waals surface area contributed by atoms with E-state index in [-0.39, 0.29) is 63.0 Å². The number of phenolic OH excluding ortho intramolecular Hbond substituents is 10. The van der Waals surface area contributed by atoms with Gasteiger partial charge in [-0.05, 0) is 54.6 Å². The van der Waals surface area contributed by atoms with Gasteiger partial charge < -0.3 is 74.0 Å². The summed E-state index contributed by atoms with van der Waals surface area (Å²) in [6.45, 7) is 0. The third-order valence-corrected chi connectivity index (χ3v) is 5.39. The second-order valence-electron chi connectivity index (χ2n) is 8.72. The van der Waals surface area contributed by atoms with E-state index in [0.717, 1.165) is 18.2 Å². The zero-order chi connectivity index (χ0) is 35.5. The molecule has 0 atom stereocenters. The highest BCUT2D eigenvalue weighted by Crippen LogP contribution is 2.37. The van der Waals surface area contributed by atoms with Crippen LogP contribution in [0.25, 0.3) is 0 Å². The Morgan fingerprint density at radius 2 is 0.804 bits per heavy atom. The zero-order valence-corrected chi connectivity index (χ0v) is 23.6. The highest BCUT2D eigenvalue weighted by atomic mass is 16.3. The summed E-state index contributed by atoms with van der Waals surface area (Å²) in [5.41, 5.74) is 21.0. The maximum absolute atomic E-state index is 9.12. The number of hydrogen-bond donors (Lipinski definition) is 18. The normalized spacial score (nSPS) is 9.57. The smallest absolute Gasteiger partial charge is 0.201 e. The lowest BCUT2D eigenvalue weighted by atomic mass is 10.1. The second kappa shape index (κ2) is 15.8. The van der Waals surface area contributed by atoms with Crippen molar-refractivity contribution in [1.29, 1.82) is 21.6 Å². The van der Waals surface area contributed by atoms with E-state index in [0.29, 0.717) is 5.56 Å². The Morgan fingerprint density at radius 3 is 1.24 bits per heavy atom. The van der Waals surface area contributed by atoms with E-state index in [9.17, 15) is 0 Å². The number of nitrogens with two attached hydrogens (primary N) is 4. The molecule has 0 unspecified atom stereocenters. The average molecular weight is 641 g/mol. The van der Waals surface area contributed by atoms with E-state index in [1.807, 2.05) is 0 Å². The summed E-state index contributed by atoms with van der Waals surface area (Å²) in [6, 6.07) is 12.8. The van der Waals surface area contributed by atoms with Crippen LogP contribution in [-0.4, -0.2) is 74.4 Å². The first-order valence-electron chi connectivity index (χ1n) is 12.2. The van der Waals surface area contributed by atoms with Gasteiger partial charge in [0.25, 0.3) is 0 Å². The van der Waals surface area contributed by atoms with Crippen LogP contribution in [-0.2, 0) is 0 Å². The topological polar surface area (TPSA) is 402 Å². The number of hydrogen-bond acceptors (Lipinski definition) is 14. The molecule has 0 saturated heterocycles. The van der Waals surface area contributed by atoms with Crippen LogP contribution in [0.15, 0.2) is 60.7 Å². The standard InChI is InChI=1S/2C7H8N2O3.2C7H8N2O2/c8-7(9)3-1-4(10)6(12)5(11)2-3;8-7(9)3-1-2-4(10)6(12)5(3)11;8-7(9)4-1-2-5(10)6(11)3-4;8-7(9)4-2-1-3-5(10)6(4)11/h2*1-2,10-12H,(H3,8,9);2*1-3,10-11H,(H3,8,9). The Balaban J connectivity index is 0.000000307. The van der Waals surface area contributed by atoms with Gasteiger partial charge in [-0.3, -0.25) is 21.6 Å². The van der Waals surface area contributed by atoms with Crippen LogP contribution in [0.3, 0.4) is 0 Å². The number of benzene rings is 4. The molecular weight excluding hydrogens is 608 g/mol. The fourth-order valence-electron chi connectivity index (χ4n) is 2.99. The molecule has 244 valence electrons. The van der Waals surface area contributed by atoms with Crippen LogP contribution in [0.2, 0.25) is 0 Å². The fraction of sp³-hybridized carbons (Fsp3) is 0. The number of para-hydroxylation sites is 1. The van der Waals surface area contributed by atoms with Gasteiger partial charge in [-0.15, -0.1) is 0 Å². The van der Waals surface area contributed by atoms with Gasteiger partial charge in [-0.2, -0.15) is 0 Å². The first-order valence-corrected chi connectivity index (χ1v) is 12.2. The molecule has 0 aliphatic rings. The molecule has 0 amide bonds. The molecule has 0 aliphatic carbocycles. The largest absolute Gasteiger partial charge is 0.504 e. The molecule has 0 aliphatic heterocycles. The lowest BCUT2D eigenvalue weighted by Crippen LogP contribution is -2.10. The Labute approximate surface area is 259 Å². The van der Waals surface area contributed by atoms with E-state index in [1.54, 1.807) is 0 Å². The minimum Gasteiger partial charge on any atom is -0.504 e. The molecule has 18 heteroatoms. The van der Waals surface area contributed by atoms with Crippen LogP contribution in [0.4, 0.5) is 0 Å². The lowest BCUT2D eigenvalue weighted by molar-refractivity contribution is 0.367. The van der Waals surface area contributed by atoms with Gasteiger partial charge in [0.1, 0.15) is 23.3 Å². The highest BCUT2D eigenvalue weighted by Gasteiger charge is 2.12. The lowest BCUT2D eigenvalue weighted by Gasteiger charge is -2.04. The van der Waals surface area contributed by atoms with Crippen LogP contribution in [0.5, 0.6) is 57.5 Å². The molecule has 22 N–H and O–H groups in total. The Morgan fingerprint density at radius 1 is 0.370 bits per heavy atom. The summed E-state index contributed by atoms with van der Waals surface area (Å²) in [6.07, 6.45) is 0. The van der Waals surface area contributed by atoms with E-state index < -0.39 is 34.5 Å². The van der Waals surface area contributed by atoms with Gasteiger partial charge in [-0.25, -0.2) is 0 Å². The summed E-state index contributed by atoms with van der Waals surface area (Å²) >= 11 is 0. The van der Waals surface area contributed by atoms with Crippen molar-refractivity contribution < 1.29 is 51.1 Å². The Kier molecular flexibility index (Phi) is 12.7. The van der Waals surface area contributed by atoms with Crippen LogP contribution >= 0.6 is 0 Å². The van der Waals surface area contributed by atoms with Crippen LogP contribution in [0.1, 0.15) is 22.3 Å². The summed E-state index contributed by atoms with van der Waals surface area (Å²) < 4.78 is 0. The summed E-state index contributed by atoms with van der Waals surface area (Å²) in [5.74, 6) is -5.46. The molecule has 0 radical (unpaired) electrons. The van der Waals surface area contributed by atoms with Gasteiger partial charge in [0.2, 0.25) is 5.75 Å². The number of amidine groups is 4. The maximum atomic E-state index is 9.12. The van der Waals surface area contributed by atoms with Crippen LogP contribution < -0.4 is 22.9 Å².